The van der Waals surface area contributed by atoms with Crippen LogP contribution in [0.2, 0.25) is 5.02 Å². The van der Waals surface area contributed by atoms with E-state index in [9.17, 15) is 14.0 Å². The van der Waals surface area contributed by atoms with Crippen molar-refractivity contribution in [3.8, 4) is 0 Å². The number of amides is 2. The Morgan fingerprint density at radius 1 is 0.944 bits per heavy atom. The highest BCUT2D eigenvalue weighted by molar-refractivity contribution is 6.30. The molecule has 36 heavy (non-hydrogen) atoms. The number of urea groups is 1. The zero-order chi connectivity index (χ0) is 25.1. The Kier molecular flexibility index (Phi) is 6.70. The van der Waals surface area contributed by atoms with Gasteiger partial charge in [-0.25, -0.2) is 14.2 Å². The summed E-state index contributed by atoms with van der Waals surface area (Å²) in [5, 5.41) is 5.52. The number of carbonyl (C=O) groups excluding carboxylic acids is 2. The van der Waals surface area contributed by atoms with Crippen molar-refractivity contribution in [2.45, 2.75) is 0 Å². The number of aromatic nitrogens is 3. The van der Waals surface area contributed by atoms with E-state index in [0.717, 1.165) is 6.07 Å². The van der Waals surface area contributed by atoms with Crippen molar-refractivity contribution in [2.24, 2.45) is 0 Å². The number of pyridine rings is 1. The van der Waals surface area contributed by atoms with Gasteiger partial charge in [-0.15, -0.1) is 0 Å². The molecule has 0 radical (unpaired) electrons. The standard InChI is InChI=1S/C25H20ClFN6O3/c26-16-10-18(13-28-12-16)31-25(35)30-17-2-3-20(27)19(11-17)24(34)15-1-4-21-22(9-15)32-23(14-29-21)33-5-7-36-8-6-33/h1-4,9-14H,5-8H2,(H2,30,31,35). The van der Waals surface area contributed by atoms with Crippen LogP contribution in [0.4, 0.5) is 26.4 Å². The molecule has 2 amide bonds. The fourth-order valence-corrected chi connectivity index (χ4v) is 3.97. The molecule has 0 atom stereocenters. The molecule has 0 saturated carbocycles. The fourth-order valence-electron chi connectivity index (χ4n) is 3.79. The average molecular weight is 507 g/mol. The Hall–Kier alpha value is -4.15. The molecular formula is C25H20ClFN6O3. The van der Waals surface area contributed by atoms with Gasteiger partial charge in [-0.2, -0.15) is 0 Å². The van der Waals surface area contributed by atoms with Crippen LogP contribution in [0, 0.1) is 5.82 Å². The lowest BCUT2D eigenvalue weighted by Gasteiger charge is -2.27. The van der Waals surface area contributed by atoms with Gasteiger partial charge in [0.1, 0.15) is 11.6 Å². The lowest BCUT2D eigenvalue weighted by Crippen LogP contribution is -2.36. The summed E-state index contributed by atoms with van der Waals surface area (Å²) in [4.78, 5) is 40.6. The third kappa shape index (κ3) is 5.24. The first-order valence-electron chi connectivity index (χ1n) is 11.1. The highest BCUT2D eigenvalue weighted by Crippen LogP contribution is 2.23. The number of carbonyl (C=O) groups is 2. The third-order valence-electron chi connectivity index (χ3n) is 5.56. The summed E-state index contributed by atoms with van der Waals surface area (Å²) in [5.74, 6) is -0.567. The van der Waals surface area contributed by atoms with E-state index in [4.69, 9.17) is 16.3 Å². The number of benzene rings is 2. The predicted octanol–water partition coefficient (Wildman–Crippen LogP) is 4.53. The van der Waals surface area contributed by atoms with Crippen molar-refractivity contribution in [3.05, 3.63) is 83.0 Å². The van der Waals surface area contributed by atoms with Crippen molar-refractivity contribution in [3.63, 3.8) is 0 Å². The average Bonchev–Trinajstić information content (AvgIpc) is 2.89. The number of anilines is 3. The van der Waals surface area contributed by atoms with Gasteiger partial charge in [0.25, 0.3) is 0 Å². The van der Waals surface area contributed by atoms with E-state index in [1.807, 2.05) is 0 Å². The second-order valence-electron chi connectivity index (χ2n) is 8.03. The summed E-state index contributed by atoms with van der Waals surface area (Å²) in [6.45, 7) is 2.61. The molecule has 0 unspecified atom stereocenters. The molecule has 2 N–H and O–H groups in total. The van der Waals surface area contributed by atoms with Crippen LogP contribution in [0.25, 0.3) is 11.0 Å². The minimum absolute atomic E-state index is 0.186. The number of hydrogen-bond acceptors (Lipinski definition) is 7. The molecule has 5 rings (SSSR count). The Bertz CT molecular complexity index is 1460. The molecule has 0 bridgehead atoms. The van der Waals surface area contributed by atoms with Crippen LogP contribution in [0.3, 0.4) is 0 Å². The molecule has 2 aromatic heterocycles. The van der Waals surface area contributed by atoms with E-state index in [2.05, 4.69) is 30.5 Å². The van der Waals surface area contributed by atoms with E-state index < -0.39 is 17.6 Å². The molecule has 1 aliphatic rings. The largest absolute Gasteiger partial charge is 0.378 e. The van der Waals surface area contributed by atoms with E-state index in [1.165, 1.54) is 30.6 Å². The molecule has 11 heteroatoms. The zero-order valence-corrected chi connectivity index (χ0v) is 19.6. The van der Waals surface area contributed by atoms with Gasteiger partial charge < -0.3 is 20.3 Å². The quantitative estimate of drug-likeness (QED) is 0.383. The van der Waals surface area contributed by atoms with Gasteiger partial charge in [0.05, 0.1) is 52.9 Å². The van der Waals surface area contributed by atoms with Gasteiger partial charge in [-0.3, -0.25) is 14.8 Å². The zero-order valence-electron chi connectivity index (χ0n) is 18.9. The van der Waals surface area contributed by atoms with Crippen LogP contribution in [-0.2, 0) is 4.74 Å². The molecule has 0 aliphatic carbocycles. The topological polar surface area (TPSA) is 109 Å². The number of nitrogens with zero attached hydrogens (tertiary/aromatic N) is 4. The number of ketones is 1. The molecule has 3 heterocycles. The summed E-state index contributed by atoms with van der Waals surface area (Å²) in [6, 6.07) is 9.54. The first-order chi connectivity index (χ1) is 17.5. The van der Waals surface area contributed by atoms with E-state index in [-0.39, 0.29) is 16.8 Å². The number of hydrogen-bond donors (Lipinski definition) is 2. The number of morpholine rings is 1. The van der Waals surface area contributed by atoms with Gasteiger partial charge >= 0.3 is 6.03 Å². The van der Waals surface area contributed by atoms with Gasteiger partial charge in [-0.1, -0.05) is 11.6 Å². The summed E-state index contributed by atoms with van der Waals surface area (Å²) in [7, 11) is 0. The maximum absolute atomic E-state index is 14.6. The molecule has 1 fully saturated rings. The first-order valence-corrected chi connectivity index (χ1v) is 11.5. The van der Waals surface area contributed by atoms with Crippen molar-refractivity contribution < 1.29 is 18.7 Å². The maximum Gasteiger partial charge on any atom is 0.323 e. The van der Waals surface area contributed by atoms with Crippen LogP contribution >= 0.6 is 11.6 Å². The maximum atomic E-state index is 14.6. The highest BCUT2D eigenvalue weighted by Gasteiger charge is 2.18. The lowest BCUT2D eigenvalue weighted by atomic mass is 10.0. The van der Waals surface area contributed by atoms with Crippen LogP contribution in [0.1, 0.15) is 15.9 Å². The van der Waals surface area contributed by atoms with E-state index >= 15 is 0 Å². The summed E-state index contributed by atoms with van der Waals surface area (Å²) < 4.78 is 20.0. The lowest BCUT2D eigenvalue weighted by molar-refractivity contribution is 0.103. The van der Waals surface area contributed by atoms with Gasteiger partial charge in [0.15, 0.2) is 5.78 Å². The van der Waals surface area contributed by atoms with Crippen molar-refractivity contribution >= 4 is 51.6 Å². The van der Waals surface area contributed by atoms with Gasteiger partial charge in [0.2, 0.25) is 0 Å². The number of halogens is 2. The summed E-state index contributed by atoms with van der Waals surface area (Å²) >= 11 is 5.88. The van der Waals surface area contributed by atoms with Gasteiger partial charge in [0, 0.05) is 30.5 Å². The molecule has 182 valence electrons. The van der Waals surface area contributed by atoms with Gasteiger partial charge in [-0.05, 0) is 42.5 Å². The van der Waals surface area contributed by atoms with Crippen LogP contribution in [0.15, 0.2) is 61.1 Å². The molecule has 4 aromatic rings. The fraction of sp³-hybridized carbons (Fsp3) is 0.160. The number of ether oxygens (including phenoxy) is 1. The summed E-state index contributed by atoms with van der Waals surface area (Å²) in [6.07, 6.45) is 4.55. The number of rotatable bonds is 5. The normalized spacial score (nSPS) is 13.4. The molecule has 1 aliphatic heterocycles. The molecule has 0 spiro atoms. The Balaban J connectivity index is 1.37. The second kappa shape index (κ2) is 10.2. The van der Waals surface area contributed by atoms with E-state index in [1.54, 1.807) is 24.4 Å². The number of nitrogens with one attached hydrogen (secondary N) is 2. The summed E-state index contributed by atoms with van der Waals surface area (Å²) in [5.41, 5.74) is 1.82. The predicted molar refractivity (Wildman–Crippen MR) is 134 cm³/mol. The third-order valence-corrected chi connectivity index (χ3v) is 5.77. The number of fused-ring (bicyclic) bond motifs is 1. The minimum atomic E-state index is -0.710. The van der Waals surface area contributed by atoms with Crippen molar-refractivity contribution in [2.75, 3.05) is 41.8 Å². The molecule has 2 aromatic carbocycles. The SMILES string of the molecule is O=C(Nc1cncc(Cl)c1)Nc1ccc(F)c(C(=O)c2ccc3ncc(N4CCOCC4)nc3c2)c1. The highest BCUT2D eigenvalue weighted by atomic mass is 35.5. The molecule has 1 saturated heterocycles. The van der Waals surface area contributed by atoms with E-state index in [0.29, 0.717) is 53.9 Å². The molecule has 9 nitrogen and oxygen atoms in total. The van der Waals surface area contributed by atoms with Crippen molar-refractivity contribution in [1.82, 2.24) is 15.0 Å². The second-order valence-corrected chi connectivity index (χ2v) is 8.46. The molecular weight excluding hydrogens is 487 g/mol. The van der Waals surface area contributed by atoms with Crippen LogP contribution in [-0.4, -0.2) is 53.1 Å². The Morgan fingerprint density at radius 2 is 1.75 bits per heavy atom. The minimum Gasteiger partial charge on any atom is -0.378 e. The van der Waals surface area contributed by atoms with Crippen LogP contribution < -0.4 is 15.5 Å². The van der Waals surface area contributed by atoms with Crippen LogP contribution in [0.5, 0.6) is 0 Å². The monoisotopic (exact) mass is 506 g/mol. The Labute approximate surface area is 210 Å². The Morgan fingerprint density at radius 3 is 2.56 bits per heavy atom. The smallest absolute Gasteiger partial charge is 0.323 e. The first kappa shape index (κ1) is 23.6. The van der Waals surface area contributed by atoms with Crippen molar-refractivity contribution in [1.29, 1.82) is 0 Å².